The Balaban J connectivity index is 1.37. The Morgan fingerprint density at radius 3 is 2.24 bits per heavy atom. The molecule has 0 bridgehead atoms. The first-order valence-corrected chi connectivity index (χ1v) is 11.8. The first-order valence-electron chi connectivity index (χ1n) is 11.0. The lowest BCUT2D eigenvalue weighted by atomic mass is 10.2. The van der Waals surface area contributed by atoms with Gasteiger partial charge in [-0.2, -0.15) is 5.26 Å². The Kier molecular flexibility index (Phi) is 7.81. The largest absolute Gasteiger partial charge is 0.359 e. The molecule has 5 nitrogen and oxygen atoms in total. The van der Waals surface area contributed by atoms with Crippen LogP contribution in [0.15, 0.2) is 106 Å². The van der Waals surface area contributed by atoms with Crippen molar-refractivity contribution >= 4 is 23.4 Å². The van der Waals surface area contributed by atoms with E-state index in [0.29, 0.717) is 13.1 Å². The molecule has 1 saturated heterocycles. The number of hydrogen-bond acceptors (Lipinski definition) is 5. The smallest absolute Gasteiger partial charge is 0.266 e. The minimum absolute atomic E-state index is 0.117. The lowest BCUT2D eigenvalue weighted by molar-refractivity contribution is -0.128. The first-order chi connectivity index (χ1) is 16.2. The normalized spacial score (nSPS) is 14.5. The molecular formula is C27H26N4OS. The highest BCUT2D eigenvalue weighted by Gasteiger charge is 2.23. The van der Waals surface area contributed by atoms with Gasteiger partial charge in [0.25, 0.3) is 5.91 Å². The molecule has 4 rings (SSSR count). The summed E-state index contributed by atoms with van der Waals surface area (Å²) < 4.78 is 0. The van der Waals surface area contributed by atoms with Crippen LogP contribution in [0, 0.1) is 11.3 Å². The number of carbonyl (C=O) groups excluding carboxylic acids is 1. The molecule has 1 heterocycles. The van der Waals surface area contributed by atoms with E-state index in [2.05, 4.69) is 40.6 Å². The van der Waals surface area contributed by atoms with Crippen molar-refractivity contribution in [3.8, 4) is 6.07 Å². The van der Waals surface area contributed by atoms with Crippen LogP contribution in [0.2, 0.25) is 0 Å². The van der Waals surface area contributed by atoms with Gasteiger partial charge in [-0.25, -0.2) is 0 Å². The van der Waals surface area contributed by atoms with Gasteiger partial charge in [-0.3, -0.25) is 9.69 Å². The van der Waals surface area contributed by atoms with Crippen molar-refractivity contribution in [2.24, 2.45) is 0 Å². The van der Waals surface area contributed by atoms with Crippen molar-refractivity contribution in [3.63, 3.8) is 0 Å². The van der Waals surface area contributed by atoms with Gasteiger partial charge in [0, 0.05) is 48.7 Å². The predicted octanol–water partition coefficient (Wildman–Crippen LogP) is 5.00. The average Bonchev–Trinajstić information content (AvgIpc) is 2.87. The van der Waals surface area contributed by atoms with Crippen LogP contribution < -0.4 is 5.32 Å². The molecule has 3 aromatic carbocycles. The second kappa shape index (κ2) is 11.4. The number of carbonyl (C=O) groups is 1. The second-order valence-electron chi connectivity index (χ2n) is 7.78. The zero-order valence-corrected chi connectivity index (χ0v) is 19.2. The van der Waals surface area contributed by atoms with Crippen LogP contribution in [0.25, 0.3) is 0 Å². The first kappa shape index (κ1) is 22.7. The number of rotatable bonds is 7. The topological polar surface area (TPSA) is 59.4 Å². The van der Waals surface area contributed by atoms with Crippen molar-refractivity contribution in [3.05, 3.63) is 102 Å². The molecule has 1 aliphatic rings. The molecule has 166 valence electrons. The minimum atomic E-state index is -0.224. The van der Waals surface area contributed by atoms with Crippen LogP contribution in [-0.4, -0.2) is 41.9 Å². The maximum atomic E-state index is 13.0. The summed E-state index contributed by atoms with van der Waals surface area (Å²) in [6.07, 6.45) is 1.53. The number of anilines is 1. The van der Waals surface area contributed by atoms with Gasteiger partial charge in [-0.05, 0) is 29.8 Å². The molecule has 0 aromatic heterocycles. The van der Waals surface area contributed by atoms with Crippen LogP contribution in [0.1, 0.15) is 5.56 Å². The molecule has 33 heavy (non-hydrogen) atoms. The monoisotopic (exact) mass is 454 g/mol. The minimum Gasteiger partial charge on any atom is -0.359 e. The Hall–Kier alpha value is -3.53. The Morgan fingerprint density at radius 1 is 0.909 bits per heavy atom. The molecule has 3 aromatic rings. The van der Waals surface area contributed by atoms with E-state index in [9.17, 15) is 10.1 Å². The van der Waals surface area contributed by atoms with Gasteiger partial charge in [-0.1, -0.05) is 72.4 Å². The van der Waals surface area contributed by atoms with Crippen molar-refractivity contribution < 1.29 is 4.79 Å². The highest BCUT2D eigenvalue weighted by atomic mass is 32.2. The third-order valence-electron chi connectivity index (χ3n) is 5.49. The van der Waals surface area contributed by atoms with Crippen LogP contribution in [-0.2, 0) is 11.3 Å². The van der Waals surface area contributed by atoms with E-state index in [1.807, 2.05) is 60.7 Å². The standard InChI is InChI=1S/C27H26N4OS/c28-19-23(20-29-25-13-7-8-14-26(25)33-24-11-5-2-6-12-24)27(32)31-17-15-30(16-18-31)21-22-9-3-1-4-10-22/h1-14,20,29H,15-18,21H2/b23-20-. The van der Waals surface area contributed by atoms with Crippen LogP contribution >= 0.6 is 11.8 Å². The van der Waals surface area contributed by atoms with Crippen LogP contribution in [0.3, 0.4) is 0 Å². The third kappa shape index (κ3) is 6.26. The number of para-hydroxylation sites is 1. The molecule has 0 atom stereocenters. The number of amides is 1. The fourth-order valence-corrected chi connectivity index (χ4v) is 4.63. The van der Waals surface area contributed by atoms with Crippen LogP contribution in [0.5, 0.6) is 0 Å². The van der Waals surface area contributed by atoms with Gasteiger partial charge in [0.2, 0.25) is 0 Å². The van der Waals surface area contributed by atoms with Crippen LogP contribution in [0.4, 0.5) is 5.69 Å². The lowest BCUT2D eigenvalue weighted by Crippen LogP contribution is -2.48. The predicted molar refractivity (Wildman–Crippen MR) is 133 cm³/mol. The molecule has 0 radical (unpaired) electrons. The van der Waals surface area contributed by atoms with E-state index in [-0.39, 0.29) is 11.5 Å². The van der Waals surface area contributed by atoms with E-state index in [1.165, 1.54) is 11.8 Å². The third-order valence-corrected chi connectivity index (χ3v) is 6.57. The molecule has 1 fully saturated rings. The van der Waals surface area contributed by atoms with Crippen molar-refractivity contribution in [1.29, 1.82) is 5.26 Å². The summed E-state index contributed by atoms with van der Waals surface area (Å²) in [6, 6.07) is 30.4. The quantitative estimate of drug-likeness (QED) is 0.402. The Morgan fingerprint density at radius 2 is 1.55 bits per heavy atom. The highest BCUT2D eigenvalue weighted by Crippen LogP contribution is 2.33. The zero-order valence-electron chi connectivity index (χ0n) is 18.4. The number of piperazine rings is 1. The molecule has 0 saturated carbocycles. The molecule has 0 unspecified atom stereocenters. The summed E-state index contributed by atoms with van der Waals surface area (Å²) in [5.74, 6) is -0.224. The fraction of sp³-hybridized carbons (Fsp3) is 0.185. The van der Waals surface area contributed by atoms with Crippen molar-refractivity contribution in [1.82, 2.24) is 9.80 Å². The van der Waals surface area contributed by atoms with Gasteiger partial charge in [0.1, 0.15) is 11.6 Å². The van der Waals surface area contributed by atoms with Gasteiger partial charge < -0.3 is 10.2 Å². The summed E-state index contributed by atoms with van der Waals surface area (Å²) in [4.78, 5) is 19.2. The summed E-state index contributed by atoms with van der Waals surface area (Å²) in [5.41, 5.74) is 2.25. The van der Waals surface area contributed by atoms with Crippen molar-refractivity contribution in [2.75, 3.05) is 31.5 Å². The van der Waals surface area contributed by atoms with Gasteiger partial charge in [-0.15, -0.1) is 0 Å². The molecule has 0 aliphatic carbocycles. The maximum absolute atomic E-state index is 13.0. The number of benzene rings is 3. The highest BCUT2D eigenvalue weighted by molar-refractivity contribution is 7.99. The van der Waals surface area contributed by atoms with Gasteiger partial charge >= 0.3 is 0 Å². The fourth-order valence-electron chi connectivity index (χ4n) is 3.70. The van der Waals surface area contributed by atoms with E-state index in [4.69, 9.17) is 0 Å². The maximum Gasteiger partial charge on any atom is 0.266 e. The van der Waals surface area contributed by atoms with E-state index in [0.717, 1.165) is 35.1 Å². The molecule has 0 spiro atoms. The average molecular weight is 455 g/mol. The molecule has 1 amide bonds. The Labute approximate surface area is 199 Å². The molecule has 6 heteroatoms. The number of hydrogen-bond donors (Lipinski definition) is 1. The number of nitriles is 1. The zero-order chi connectivity index (χ0) is 22.9. The lowest BCUT2D eigenvalue weighted by Gasteiger charge is -2.34. The number of nitrogens with one attached hydrogen (secondary N) is 1. The summed E-state index contributed by atoms with van der Waals surface area (Å²) in [7, 11) is 0. The van der Waals surface area contributed by atoms with Gasteiger partial charge in [0.05, 0.1) is 5.69 Å². The molecular weight excluding hydrogens is 428 g/mol. The van der Waals surface area contributed by atoms with E-state index in [1.54, 1.807) is 16.7 Å². The van der Waals surface area contributed by atoms with E-state index < -0.39 is 0 Å². The Bertz CT molecular complexity index is 1130. The molecule has 1 N–H and O–H groups in total. The SMILES string of the molecule is N#C/C(=C/Nc1ccccc1Sc1ccccc1)C(=O)N1CCN(Cc2ccccc2)CC1. The summed E-state index contributed by atoms with van der Waals surface area (Å²) in [5, 5.41) is 12.8. The summed E-state index contributed by atoms with van der Waals surface area (Å²) >= 11 is 1.64. The molecule has 1 aliphatic heterocycles. The van der Waals surface area contributed by atoms with Crippen molar-refractivity contribution in [2.45, 2.75) is 16.3 Å². The summed E-state index contributed by atoms with van der Waals surface area (Å²) in [6.45, 7) is 3.70. The van der Waals surface area contributed by atoms with Gasteiger partial charge in [0.15, 0.2) is 0 Å². The number of nitrogens with zero attached hydrogens (tertiary/aromatic N) is 3. The second-order valence-corrected chi connectivity index (χ2v) is 8.89. The van der Waals surface area contributed by atoms with E-state index >= 15 is 0 Å².